The van der Waals surface area contributed by atoms with Gasteiger partial charge in [-0.1, -0.05) is 11.6 Å². The normalized spacial score (nSPS) is 21.0. The summed E-state index contributed by atoms with van der Waals surface area (Å²) in [6, 6.07) is 6.70. The Bertz CT molecular complexity index is 687. The number of ether oxygens (including phenoxy) is 1. The van der Waals surface area contributed by atoms with Gasteiger partial charge in [-0.2, -0.15) is 0 Å². The van der Waals surface area contributed by atoms with Gasteiger partial charge in [0, 0.05) is 42.9 Å². The van der Waals surface area contributed by atoms with Crippen LogP contribution in [0.4, 0.5) is 5.69 Å². The summed E-state index contributed by atoms with van der Waals surface area (Å²) in [5.41, 5.74) is 0.686. The van der Waals surface area contributed by atoms with Crippen molar-refractivity contribution in [2.24, 2.45) is 5.92 Å². The molecule has 0 aromatic heterocycles. The van der Waals surface area contributed by atoms with Gasteiger partial charge in [-0.25, -0.2) is 0 Å². The van der Waals surface area contributed by atoms with E-state index in [1.807, 2.05) is 0 Å². The van der Waals surface area contributed by atoms with Gasteiger partial charge in [0.25, 0.3) is 0 Å². The Kier molecular flexibility index (Phi) is 5.78. The summed E-state index contributed by atoms with van der Waals surface area (Å²) in [7, 11) is 0. The second-order valence-corrected chi connectivity index (χ2v) is 7.02. The highest BCUT2D eigenvalue weighted by Crippen LogP contribution is 2.28. The third-order valence-electron chi connectivity index (χ3n) is 4.83. The molecule has 1 aromatic carbocycles. The molecule has 26 heavy (non-hydrogen) atoms. The molecule has 2 fully saturated rings. The lowest BCUT2D eigenvalue weighted by atomic mass is 10.0. The van der Waals surface area contributed by atoms with Gasteiger partial charge in [-0.15, -0.1) is 0 Å². The van der Waals surface area contributed by atoms with Gasteiger partial charge in [0.1, 0.15) is 6.54 Å². The fourth-order valence-electron chi connectivity index (χ4n) is 3.51. The molecule has 0 aliphatic carbocycles. The van der Waals surface area contributed by atoms with Crippen LogP contribution in [0.5, 0.6) is 0 Å². The van der Waals surface area contributed by atoms with Crippen LogP contribution < -0.4 is 4.90 Å². The zero-order valence-electron chi connectivity index (χ0n) is 14.3. The number of carbonyl (C=O) groups is 3. The molecule has 3 rings (SSSR count). The zero-order chi connectivity index (χ0) is 18.7. The minimum absolute atomic E-state index is 0.0841. The van der Waals surface area contributed by atoms with Crippen molar-refractivity contribution in [3.63, 3.8) is 0 Å². The van der Waals surface area contributed by atoms with E-state index in [9.17, 15) is 19.5 Å². The van der Waals surface area contributed by atoms with E-state index in [0.717, 1.165) is 0 Å². The van der Waals surface area contributed by atoms with Crippen LogP contribution in [-0.2, 0) is 19.1 Å². The summed E-state index contributed by atoms with van der Waals surface area (Å²) in [6.45, 7) is 0.914. The summed E-state index contributed by atoms with van der Waals surface area (Å²) >= 11 is 5.88. The third kappa shape index (κ3) is 4.16. The smallest absolute Gasteiger partial charge is 0.323 e. The number of carbonyl (C=O) groups excluding carboxylic acids is 2. The largest absolute Gasteiger partial charge is 0.480 e. The van der Waals surface area contributed by atoms with E-state index < -0.39 is 11.9 Å². The number of carboxylic acid groups (broad SMARTS) is 1. The van der Waals surface area contributed by atoms with Crippen molar-refractivity contribution in [1.82, 2.24) is 4.90 Å². The molecular formula is C18H21ClN2O5. The topological polar surface area (TPSA) is 87.2 Å². The molecule has 1 N–H and O–H groups in total. The molecule has 2 saturated heterocycles. The van der Waals surface area contributed by atoms with Gasteiger partial charge in [0.05, 0.1) is 5.92 Å². The van der Waals surface area contributed by atoms with Crippen LogP contribution in [0.2, 0.25) is 5.02 Å². The highest BCUT2D eigenvalue weighted by molar-refractivity contribution is 6.30. The van der Waals surface area contributed by atoms with Crippen LogP contribution >= 0.6 is 11.6 Å². The zero-order valence-corrected chi connectivity index (χ0v) is 15.0. The molecule has 2 aliphatic heterocycles. The fourth-order valence-corrected chi connectivity index (χ4v) is 3.63. The van der Waals surface area contributed by atoms with E-state index in [-0.39, 0.29) is 37.4 Å². The summed E-state index contributed by atoms with van der Waals surface area (Å²) in [5, 5.41) is 9.77. The number of hydrogen-bond acceptors (Lipinski definition) is 4. The molecule has 1 aromatic rings. The number of hydrogen-bond donors (Lipinski definition) is 1. The van der Waals surface area contributed by atoms with E-state index in [0.29, 0.717) is 36.8 Å². The maximum absolute atomic E-state index is 13.0. The van der Waals surface area contributed by atoms with E-state index in [2.05, 4.69) is 0 Å². The van der Waals surface area contributed by atoms with Gasteiger partial charge in [0.15, 0.2) is 0 Å². The molecule has 0 radical (unpaired) electrons. The standard InChI is InChI=1S/C18H21ClN2O5/c19-13-1-3-14(4-2-13)20-10-12(9-16(20)22)18(25)21(11-17(23)24)15-5-7-26-8-6-15/h1-4,12,15H,5-11H2,(H,23,24)/t12-/m0/s1. The molecule has 0 bridgehead atoms. The third-order valence-corrected chi connectivity index (χ3v) is 5.08. The molecule has 0 saturated carbocycles. The molecule has 0 spiro atoms. The predicted octanol–water partition coefficient (Wildman–Crippen LogP) is 1.79. The second-order valence-electron chi connectivity index (χ2n) is 6.59. The van der Waals surface area contributed by atoms with Gasteiger partial charge in [0.2, 0.25) is 11.8 Å². The molecule has 1 atom stereocenters. The molecule has 2 amide bonds. The first-order valence-electron chi connectivity index (χ1n) is 8.61. The highest BCUT2D eigenvalue weighted by atomic mass is 35.5. The quantitative estimate of drug-likeness (QED) is 0.841. The first-order valence-corrected chi connectivity index (χ1v) is 8.99. The van der Waals surface area contributed by atoms with Crippen molar-refractivity contribution in [2.45, 2.75) is 25.3 Å². The SMILES string of the molecule is O=C(O)CN(C(=O)[C@H]1CC(=O)N(c2ccc(Cl)cc2)C1)C1CCOCC1. The lowest BCUT2D eigenvalue weighted by Crippen LogP contribution is -2.48. The van der Waals surface area contributed by atoms with Gasteiger partial charge >= 0.3 is 5.97 Å². The molecule has 8 heteroatoms. The number of aliphatic carboxylic acids is 1. The molecule has 7 nitrogen and oxygen atoms in total. The Hall–Kier alpha value is -2.12. The summed E-state index contributed by atoms with van der Waals surface area (Å²) in [4.78, 5) is 39.6. The average Bonchev–Trinajstić information content (AvgIpc) is 3.02. The van der Waals surface area contributed by atoms with Crippen LogP contribution in [0.15, 0.2) is 24.3 Å². The summed E-state index contributed by atoms with van der Waals surface area (Å²) in [5.74, 6) is -2.01. The lowest BCUT2D eigenvalue weighted by molar-refractivity contribution is -0.149. The number of halogens is 1. The first-order chi connectivity index (χ1) is 12.5. The number of benzene rings is 1. The van der Waals surface area contributed by atoms with Gasteiger partial charge < -0.3 is 19.6 Å². The minimum Gasteiger partial charge on any atom is -0.480 e. The second kappa shape index (κ2) is 8.05. The Morgan fingerprint density at radius 3 is 2.50 bits per heavy atom. The maximum Gasteiger partial charge on any atom is 0.323 e. The molecule has 2 aliphatic rings. The van der Waals surface area contributed by atoms with Crippen molar-refractivity contribution >= 4 is 35.1 Å². The van der Waals surface area contributed by atoms with E-state index >= 15 is 0 Å². The van der Waals surface area contributed by atoms with Crippen LogP contribution in [0, 0.1) is 5.92 Å². The average molecular weight is 381 g/mol. The molecule has 0 unspecified atom stereocenters. The monoisotopic (exact) mass is 380 g/mol. The van der Waals surface area contributed by atoms with E-state index in [1.165, 1.54) is 4.90 Å². The Morgan fingerprint density at radius 1 is 1.23 bits per heavy atom. The van der Waals surface area contributed by atoms with Gasteiger partial charge in [-0.3, -0.25) is 14.4 Å². The summed E-state index contributed by atoms with van der Waals surface area (Å²) in [6.07, 6.45) is 1.31. The van der Waals surface area contributed by atoms with Crippen molar-refractivity contribution in [1.29, 1.82) is 0 Å². The number of nitrogens with zero attached hydrogens (tertiary/aromatic N) is 2. The molecule has 2 heterocycles. The van der Waals surface area contributed by atoms with Crippen LogP contribution in [-0.4, -0.2) is 60.1 Å². The first kappa shape index (κ1) is 18.7. The molecular weight excluding hydrogens is 360 g/mol. The van der Waals surface area contributed by atoms with Gasteiger partial charge in [-0.05, 0) is 37.1 Å². The molecule has 140 valence electrons. The number of amides is 2. The number of carboxylic acids is 1. The fraction of sp³-hybridized carbons (Fsp3) is 0.500. The summed E-state index contributed by atoms with van der Waals surface area (Å²) < 4.78 is 5.30. The predicted molar refractivity (Wildman–Crippen MR) is 95.1 cm³/mol. The minimum atomic E-state index is -1.05. The Balaban J connectivity index is 1.73. The Morgan fingerprint density at radius 2 is 1.88 bits per heavy atom. The lowest BCUT2D eigenvalue weighted by Gasteiger charge is -2.34. The van der Waals surface area contributed by atoms with Crippen molar-refractivity contribution in [2.75, 3.05) is 31.2 Å². The van der Waals surface area contributed by atoms with Crippen LogP contribution in [0.25, 0.3) is 0 Å². The van der Waals surface area contributed by atoms with Crippen LogP contribution in [0.3, 0.4) is 0 Å². The van der Waals surface area contributed by atoms with Crippen molar-refractivity contribution in [3.05, 3.63) is 29.3 Å². The van der Waals surface area contributed by atoms with E-state index in [1.54, 1.807) is 29.2 Å². The van der Waals surface area contributed by atoms with Crippen LogP contribution in [0.1, 0.15) is 19.3 Å². The van der Waals surface area contributed by atoms with Crippen molar-refractivity contribution < 1.29 is 24.2 Å². The number of anilines is 1. The number of rotatable bonds is 5. The highest BCUT2D eigenvalue weighted by Gasteiger charge is 2.39. The Labute approximate surface area is 156 Å². The van der Waals surface area contributed by atoms with E-state index in [4.69, 9.17) is 16.3 Å². The maximum atomic E-state index is 13.0. The van der Waals surface area contributed by atoms with Crippen molar-refractivity contribution in [3.8, 4) is 0 Å².